The summed E-state index contributed by atoms with van der Waals surface area (Å²) in [6.45, 7) is 0.0217. The zero-order valence-electron chi connectivity index (χ0n) is 18.6. The van der Waals surface area contributed by atoms with Gasteiger partial charge in [0, 0.05) is 16.6 Å². The lowest BCUT2D eigenvalue weighted by molar-refractivity contribution is -0.394. The van der Waals surface area contributed by atoms with E-state index in [0.29, 0.717) is 33.9 Å². The van der Waals surface area contributed by atoms with Gasteiger partial charge >= 0.3 is 5.95 Å². The van der Waals surface area contributed by atoms with Crippen molar-refractivity contribution in [1.29, 1.82) is 0 Å². The molecule has 15 heteroatoms. The van der Waals surface area contributed by atoms with Gasteiger partial charge in [-0.05, 0) is 29.2 Å². The Morgan fingerprint density at radius 2 is 2.06 bits per heavy atom. The van der Waals surface area contributed by atoms with Crippen molar-refractivity contribution in [3.05, 3.63) is 63.9 Å². The number of rotatable bonds is 10. The van der Waals surface area contributed by atoms with Gasteiger partial charge in [-0.25, -0.2) is 14.4 Å². The molecule has 4 aromatic rings. The van der Waals surface area contributed by atoms with Crippen molar-refractivity contribution in [2.24, 2.45) is 0 Å². The number of benzene rings is 2. The fourth-order valence-corrected chi connectivity index (χ4v) is 3.37. The molecule has 0 saturated carbocycles. The van der Waals surface area contributed by atoms with Crippen LogP contribution in [0.5, 0.6) is 11.5 Å². The lowest BCUT2D eigenvalue weighted by Crippen LogP contribution is -2.31. The van der Waals surface area contributed by atoms with E-state index in [9.17, 15) is 19.3 Å². The number of amides is 1. The highest BCUT2D eigenvalue weighted by atomic mass is 35.5. The number of methoxy groups -OCH3 is 1. The molecule has 0 aliphatic rings. The summed E-state index contributed by atoms with van der Waals surface area (Å²) in [6, 6.07) is 7.30. The Kier molecular flexibility index (Phi) is 7.34. The number of hydrogen-bond acceptors (Lipinski definition) is 10. The first-order valence-corrected chi connectivity index (χ1v) is 10.7. The van der Waals surface area contributed by atoms with Gasteiger partial charge in [-0.2, -0.15) is 4.68 Å². The molecule has 0 atom stereocenters. The van der Waals surface area contributed by atoms with Crippen molar-refractivity contribution in [2.75, 3.05) is 25.6 Å². The van der Waals surface area contributed by atoms with E-state index in [2.05, 4.69) is 30.7 Å². The first kappa shape index (κ1) is 24.5. The third-order valence-electron chi connectivity index (χ3n) is 4.78. The van der Waals surface area contributed by atoms with E-state index in [1.165, 1.54) is 31.6 Å². The van der Waals surface area contributed by atoms with Gasteiger partial charge < -0.3 is 30.2 Å². The number of halogens is 2. The largest absolute Gasteiger partial charge is 0.493 e. The zero-order valence-corrected chi connectivity index (χ0v) is 19.4. The van der Waals surface area contributed by atoms with Gasteiger partial charge in [0.15, 0.2) is 11.5 Å². The molecule has 0 fully saturated rings. The molecule has 2 aromatic heterocycles. The maximum absolute atomic E-state index is 13.4. The van der Waals surface area contributed by atoms with Crippen molar-refractivity contribution in [3.8, 4) is 11.5 Å². The Morgan fingerprint density at radius 3 is 2.78 bits per heavy atom. The maximum Gasteiger partial charge on any atom is 0.490 e. The van der Waals surface area contributed by atoms with E-state index < -0.39 is 22.6 Å². The molecule has 186 valence electrons. The summed E-state index contributed by atoms with van der Waals surface area (Å²) in [4.78, 5) is 33.9. The molecule has 0 aliphatic heterocycles. The molecule has 1 amide bonds. The fourth-order valence-electron chi connectivity index (χ4n) is 3.15. The fraction of sp³-hybridized carbons (Fsp3) is 0.190. The molecule has 0 spiro atoms. The van der Waals surface area contributed by atoms with Crippen LogP contribution >= 0.6 is 11.6 Å². The Labute approximate surface area is 207 Å². The molecular weight excluding hydrogens is 499 g/mol. The number of nitro groups is 1. The van der Waals surface area contributed by atoms with Gasteiger partial charge in [-0.3, -0.25) is 4.79 Å². The van der Waals surface area contributed by atoms with E-state index in [4.69, 9.17) is 21.1 Å². The van der Waals surface area contributed by atoms with E-state index in [0.717, 1.165) is 11.0 Å². The summed E-state index contributed by atoms with van der Waals surface area (Å²) < 4.78 is 25.6. The molecule has 2 aromatic carbocycles. The van der Waals surface area contributed by atoms with Crippen molar-refractivity contribution in [1.82, 2.24) is 30.0 Å². The van der Waals surface area contributed by atoms with Crippen LogP contribution in [0.4, 0.5) is 21.8 Å². The number of fused-ring (bicyclic) bond motifs is 1. The number of nitrogens with zero attached hydrogens (tertiary/aromatic N) is 6. The SMILES string of the molecule is COc1cc2c(Nc3ccc(F)cc3Cl)ncnc2cc1OCCNC(=O)Cn1cnc([N+](=O)[O-])n1. The molecule has 0 radical (unpaired) electrons. The van der Waals surface area contributed by atoms with Crippen LogP contribution in [-0.4, -0.2) is 55.8 Å². The smallest absolute Gasteiger partial charge is 0.490 e. The first-order valence-electron chi connectivity index (χ1n) is 10.3. The van der Waals surface area contributed by atoms with Gasteiger partial charge in [0.2, 0.25) is 12.2 Å². The molecule has 0 saturated heterocycles. The van der Waals surface area contributed by atoms with Crippen LogP contribution in [0.15, 0.2) is 43.0 Å². The second-order valence-corrected chi connectivity index (χ2v) is 7.60. The third-order valence-corrected chi connectivity index (χ3v) is 5.09. The van der Waals surface area contributed by atoms with Crippen molar-refractivity contribution < 1.29 is 23.6 Å². The van der Waals surface area contributed by atoms with E-state index in [-0.39, 0.29) is 24.7 Å². The summed E-state index contributed by atoms with van der Waals surface area (Å²) in [5.74, 6) is -0.259. The molecule has 0 aliphatic carbocycles. The summed E-state index contributed by atoms with van der Waals surface area (Å²) in [5.41, 5.74) is 1.01. The van der Waals surface area contributed by atoms with Crippen molar-refractivity contribution >= 4 is 45.9 Å². The second kappa shape index (κ2) is 10.8. The minimum atomic E-state index is -0.749. The average Bonchev–Trinajstić information content (AvgIpc) is 3.32. The average molecular weight is 517 g/mol. The minimum absolute atomic E-state index is 0.104. The van der Waals surface area contributed by atoms with Gasteiger partial charge in [-0.1, -0.05) is 16.6 Å². The lowest BCUT2D eigenvalue weighted by atomic mass is 10.2. The number of carbonyl (C=O) groups is 1. The van der Waals surface area contributed by atoms with Gasteiger partial charge in [0.25, 0.3) is 0 Å². The van der Waals surface area contributed by atoms with Gasteiger partial charge in [0.1, 0.15) is 31.1 Å². The van der Waals surface area contributed by atoms with Crippen LogP contribution in [0.3, 0.4) is 0 Å². The van der Waals surface area contributed by atoms with Crippen LogP contribution in [0.25, 0.3) is 10.9 Å². The van der Waals surface area contributed by atoms with Crippen LogP contribution in [-0.2, 0) is 11.3 Å². The molecule has 2 N–H and O–H groups in total. The van der Waals surface area contributed by atoms with E-state index >= 15 is 0 Å². The zero-order chi connectivity index (χ0) is 25.7. The highest BCUT2D eigenvalue weighted by molar-refractivity contribution is 6.33. The number of aromatic nitrogens is 5. The number of carbonyl (C=O) groups excluding carboxylic acids is 1. The molecular formula is C21H18ClFN8O5. The van der Waals surface area contributed by atoms with Crippen LogP contribution in [0.1, 0.15) is 0 Å². The minimum Gasteiger partial charge on any atom is -0.493 e. The Hall–Kier alpha value is -4.59. The van der Waals surface area contributed by atoms with Crippen LogP contribution in [0, 0.1) is 15.9 Å². The predicted octanol–water partition coefficient (Wildman–Crippen LogP) is 2.87. The molecule has 2 heterocycles. The molecule has 0 unspecified atom stereocenters. The molecule has 0 bridgehead atoms. The van der Waals surface area contributed by atoms with Crippen LogP contribution < -0.4 is 20.1 Å². The van der Waals surface area contributed by atoms with Crippen molar-refractivity contribution in [3.63, 3.8) is 0 Å². The summed E-state index contributed by atoms with van der Waals surface area (Å²) >= 11 is 6.11. The standard InChI is InChI=1S/C21H18ClFN8O5/c1-35-17-7-13-16(25-10-26-20(13)28-15-3-2-12(23)6-14(15)22)8-18(17)36-5-4-24-19(32)9-30-11-27-21(29-30)31(33)34/h2-3,6-8,10-11H,4-5,9H2,1H3,(H,24,32)(H,25,26,28). The molecule has 36 heavy (non-hydrogen) atoms. The highest BCUT2D eigenvalue weighted by Gasteiger charge is 2.16. The van der Waals surface area contributed by atoms with E-state index in [1.54, 1.807) is 12.1 Å². The number of anilines is 2. The topological polar surface area (TPSA) is 159 Å². The van der Waals surface area contributed by atoms with E-state index in [1.807, 2.05) is 0 Å². The highest BCUT2D eigenvalue weighted by Crippen LogP contribution is 2.35. The monoisotopic (exact) mass is 516 g/mol. The summed E-state index contributed by atoms with van der Waals surface area (Å²) in [7, 11) is 1.47. The summed E-state index contributed by atoms with van der Waals surface area (Å²) in [6.07, 6.45) is 2.45. The predicted molar refractivity (Wildman–Crippen MR) is 126 cm³/mol. The lowest BCUT2D eigenvalue weighted by Gasteiger charge is -2.14. The Balaban J connectivity index is 1.40. The Bertz CT molecular complexity index is 1430. The Morgan fingerprint density at radius 1 is 1.22 bits per heavy atom. The van der Waals surface area contributed by atoms with Gasteiger partial charge in [-0.15, -0.1) is 0 Å². The van der Waals surface area contributed by atoms with Crippen LogP contribution in [0.2, 0.25) is 5.02 Å². The molecule has 4 rings (SSSR count). The second-order valence-electron chi connectivity index (χ2n) is 7.19. The number of hydrogen-bond donors (Lipinski definition) is 2. The third kappa shape index (κ3) is 5.72. The first-order chi connectivity index (χ1) is 17.3. The quantitative estimate of drug-likeness (QED) is 0.182. The molecule has 13 nitrogen and oxygen atoms in total. The maximum atomic E-state index is 13.4. The number of ether oxygens (including phenoxy) is 2. The van der Waals surface area contributed by atoms with Gasteiger partial charge in [0.05, 0.1) is 29.9 Å². The normalized spacial score (nSPS) is 10.8. The number of nitrogens with one attached hydrogen (secondary N) is 2. The van der Waals surface area contributed by atoms with Crippen molar-refractivity contribution in [2.45, 2.75) is 6.54 Å². The summed E-state index contributed by atoms with van der Waals surface area (Å²) in [5, 5.41) is 20.7.